The molecule has 1 atom stereocenters. The molecule has 2 aromatic carbocycles. The molecule has 5 heteroatoms. The summed E-state index contributed by atoms with van der Waals surface area (Å²) in [6, 6.07) is 19.9. The number of hydrazine groups is 1. The van der Waals surface area contributed by atoms with Crippen molar-refractivity contribution in [2.45, 2.75) is 54.0 Å². The van der Waals surface area contributed by atoms with Gasteiger partial charge < -0.3 is 0 Å². The van der Waals surface area contributed by atoms with E-state index in [0.29, 0.717) is 10.1 Å². The average Bonchev–Trinajstić information content (AvgIpc) is 3.32. The van der Waals surface area contributed by atoms with Gasteiger partial charge in [0.15, 0.2) is 0 Å². The predicted molar refractivity (Wildman–Crippen MR) is 127 cm³/mol. The van der Waals surface area contributed by atoms with E-state index in [1.807, 2.05) is 0 Å². The number of aryl methyl sites for hydroxylation is 1. The average molecular weight is 424 g/mol. The van der Waals surface area contributed by atoms with Crippen molar-refractivity contribution >= 4 is 35.6 Å². The van der Waals surface area contributed by atoms with Crippen molar-refractivity contribution in [2.75, 3.05) is 18.1 Å². The first-order valence-corrected chi connectivity index (χ1v) is 12.4. The highest BCUT2D eigenvalue weighted by Gasteiger charge is 2.51. The molecule has 1 aliphatic carbocycles. The Balaban J connectivity index is 1.26. The Morgan fingerprint density at radius 3 is 2.52 bits per heavy atom. The number of benzene rings is 2. The maximum atomic E-state index is 4.44. The maximum Gasteiger partial charge on any atom is 0.117 e. The second-order valence-corrected chi connectivity index (χ2v) is 10.9. The van der Waals surface area contributed by atoms with Crippen molar-refractivity contribution in [3.8, 4) is 0 Å². The molecule has 2 fully saturated rings. The number of hydrogen-bond acceptors (Lipinski definition) is 5. The van der Waals surface area contributed by atoms with Crippen LogP contribution in [0.15, 0.2) is 63.9 Å². The van der Waals surface area contributed by atoms with Crippen LogP contribution in [0.5, 0.6) is 0 Å². The number of anilines is 1. The SMILES string of the molecule is Cc1cccc(SC2(C3CCN(N(c4ccccc4)C4CC=NS4)CC3)CC2)c1. The zero-order chi connectivity index (χ0) is 19.7. The maximum absolute atomic E-state index is 4.44. The molecule has 152 valence electrons. The van der Waals surface area contributed by atoms with Crippen LogP contribution in [-0.4, -0.2) is 34.4 Å². The normalized spacial score (nSPS) is 24.0. The molecule has 2 heterocycles. The lowest BCUT2D eigenvalue weighted by Gasteiger charge is -2.44. The van der Waals surface area contributed by atoms with Crippen LogP contribution in [0.1, 0.15) is 37.7 Å². The molecule has 1 saturated heterocycles. The van der Waals surface area contributed by atoms with E-state index in [4.69, 9.17) is 0 Å². The summed E-state index contributed by atoms with van der Waals surface area (Å²) in [6.45, 7) is 4.49. The van der Waals surface area contributed by atoms with E-state index in [1.165, 1.54) is 41.8 Å². The van der Waals surface area contributed by atoms with Gasteiger partial charge in [-0.05, 0) is 62.8 Å². The van der Waals surface area contributed by atoms with Crippen molar-refractivity contribution in [3.05, 3.63) is 60.2 Å². The molecular formula is C24H29N3S2. The lowest BCUT2D eigenvalue weighted by molar-refractivity contribution is 0.161. The summed E-state index contributed by atoms with van der Waals surface area (Å²) >= 11 is 3.86. The van der Waals surface area contributed by atoms with Gasteiger partial charge in [0.2, 0.25) is 0 Å². The molecule has 1 saturated carbocycles. The van der Waals surface area contributed by atoms with E-state index in [9.17, 15) is 0 Å². The Labute approximate surface area is 183 Å². The molecule has 0 N–H and O–H groups in total. The lowest BCUT2D eigenvalue weighted by Crippen LogP contribution is -2.51. The van der Waals surface area contributed by atoms with Gasteiger partial charge >= 0.3 is 0 Å². The second-order valence-electron chi connectivity index (χ2n) is 8.48. The van der Waals surface area contributed by atoms with Gasteiger partial charge in [-0.3, -0.25) is 5.01 Å². The molecule has 2 aromatic rings. The molecule has 2 aliphatic heterocycles. The molecule has 1 unspecified atom stereocenters. The Kier molecular flexibility index (Phi) is 5.63. The number of rotatable bonds is 6. The smallest absolute Gasteiger partial charge is 0.117 e. The molecule has 0 amide bonds. The molecule has 3 aliphatic rings. The number of piperidine rings is 1. The van der Waals surface area contributed by atoms with Crippen LogP contribution in [-0.2, 0) is 0 Å². The first-order valence-electron chi connectivity index (χ1n) is 10.8. The zero-order valence-electron chi connectivity index (χ0n) is 17.0. The van der Waals surface area contributed by atoms with E-state index in [2.05, 4.69) is 93.9 Å². The van der Waals surface area contributed by atoms with Gasteiger partial charge in [0.25, 0.3) is 0 Å². The van der Waals surface area contributed by atoms with Crippen LogP contribution in [0, 0.1) is 12.8 Å². The Bertz CT molecular complexity index is 849. The molecular weight excluding hydrogens is 394 g/mol. The summed E-state index contributed by atoms with van der Waals surface area (Å²) in [5.74, 6) is 0.828. The van der Waals surface area contributed by atoms with E-state index in [-0.39, 0.29) is 0 Å². The van der Waals surface area contributed by atoms with Crippen LogP contribution in [0.2, 0.25) is 0 Å². The van der Waals surface area contributed by atoms with Crippen LogP contribution in [0.25, 0.3) is 0 Å². The largest absolute Gasteiger partial charge is 0.291 e. The van der Waals surface area contributed by atoms with Crippen LogP contribution < -0.4 is 5.01 Å². The number of hydrogen-bond donors (Lipinski definition) is 0. The minimum atomic E-state index is 0.394. The fraction of sp³-hybridized carbons (Fsp3) is 0.458. The van der Waals surface area contributed by atoms with Crippen LogP contribution in [0.3, 0.4) is 0 Å². The first-order chi connectivity index (χ1) is 14.2. The highest BCUT2D eigenvalue weighted by atomic mass is 32.2. The number of thioether (sulfide) groups is 1. The van der Waals surface area contributed by atoms with Crippen LogP contribution >= 0.6 is 23.7 Å². The van der Waals surface area contributed by atoms with Crippen molar-refractivity contribution in [2.24, 2.45) is 10.3 Å². The van der Waals surface area contributed by atoms with Crippen molar-refractivity contribution < 1.29 is 0 Å². The minimum absolute atomic E-state index is 0.394. The van der Waals surface area contributed by atoms with Gasteiger partial charge in [0.05, 0.1) is 5.69 Å². The van der Waals surface area contributed by atoms with E-state index in [1.54, 1.807) is 11.9 Å². The second kappa shape index (κ2) is 8.37. The lowest BCUT2D eigenvalue weighted by atomic mass is 9.92. The monoisotopic (exact) mass is 423 g/mol. The predicted octanol–water partition coefficient (Wildman–Crippen LogP) is 6.20. The van der Waals surface area contributed by atoms with E-state index >= 15 is 0 Å². The third-order valence-electron chi connectivity index (χ3n) is 6.43. The Morgan fingerprint density at radius 1 is 1.07 bits per heavy atom. The quantitative estimate of drug-likeness (QED) is 0.515. The standard InChI is InChI=1S/C24H29N3S2/c1-19-6-5-9-22(18-19)28-24(13-14-24)20-11-16-26(17-12-20)27(23-10-15-25-29-23)21-7-3-2-4-8-21/h2-9,15,18,20,23H,10-14,16-17H2,1H3. The molecule has 5 rings (SSSR count). The van der Waals surface area contributed by atoms with Gasteiger partial charge in [-0.15, -0.1) is 11.8 Å². The van der Waals surface area contributed by atoms with Gasteiger partial charge in [-0.2, -0.15) is 0 Å². The van der Waals surface area contributed by atoms with E-state index < -0.39 is 0 Å². The highest BCUT2D eigenvalue weighted by molar-refractivity contribution is 8.01. The minimum Gasteiger partial charge on any atom is -0.291 e. The summed E-state index contributed by atoms with van der Waals surface area (Å²) < 4.78 is 4.93. The van der Waals surface area contributed by atoms with Crippen molar-refractivity contribution in [3.63, 3.8) is 0 Å². The zero-order valence-corrected chi connectivity index (χ0v) is 18.7. The summed E-state index contributed by atoms with van der Waals surface area (Å²) in [6.07, 6.45) is 8.43. The van der Waals surface area contributed by atoms with Gasteiger partial charge in [0.1, 0.15) is 5.37 Å². The van der Waals surface area contributed by atoms with Crippen LogP contribution in [0.4, 0.5) is 5.69 Å². The number of nitrogens with zero attached hydrogens (tertiary/aromatic N) is 3. The molecule has 0 spiro atoms. The van der Waals surface area contributed by atoms with Crippen molar-refractivity contribution in [1.82, 2.24) is 5.01 Å². The molecule has 3 nitrogen and oxygen atoms in total. The summed E-state index contributed by atoms with van der Waals surface area (Å²) in [4.78, 5) is 1.45. The fourth-order valence-corrected chi connectivity index (χ4v) is 7.16. The summed E-state index contributed by atoms with van der Waals surface area (Å²) in [5.41, 5.74) is 2.67. The van der Waals surface area contributed by atoms with Gasteiger partial charge in [0, 0.05) is 47.3 Å². The van der Waals surface area contributed by atoms with E-state index in [0.717, 1.165) is 25.4 Å². The third-order valence-corrected chi connectivity index (χ3v) is 8.98. The molecule has 0 bridgehead atoms. The fourth-order valence-electron chi connectivity index (χ4n) is 4.76. The topological polar surface area (TPSA) is 18.8 Å². The summed E-state index contributed by atoms with van der Waals surface area (Å²) in [7, 11) is 0. The Hall–Kier alpha value is -1.43. The van der Waals surface area contributed by atoms with Gasteiger partial charge in [-0.25, -0.2) is 9.41 Å². The van der Waals surface area contributed by atoms with Gasteiger partial charge in [-0.1, -0.05) is 35.9 Å². The highest BCUT2D eigenvalue weighted by Crippen LogP contribution is 2.59. The Morgan fingerprint density at radius 2 is 1.86 bits per heavy atom. The first kappa shape index (κ1) is 19.5. The molecule has 0 aromatic heterocycles. The number of para-hydroxylation sites is 1. The molecule has 0 radical (unpaired) electrons. The van der Waals surface area contributed by atoms with Crippen molar-refractivity contribution in [1.29, 1.82) is 0 Å². The molecule has 29 heavy (non-hydrogen) atoms. The third kappa shape index (κ3) is 4.23. The summed E-state index contributed by atoms with van der Waals surface area (Å²) in [5, 5.41) is 5.50.